The second kappa shape index (κ2) is 9.73. The van der Waals surface area contributed by atoms with Crippen molar-refractivity contribution in [3.63, 3.8) is 0 Å². The van der Waals surface area contributed by atoms with E-state index in [1.54, 1.807) is 31.3 Å². The van der Waals surface area contributed by atoms with Crippen LogP contribution in [0.1, 0.15) is 54.0 Å². The third-order valence-corrected chi connectivity index (χ3v) is 5.30. The van der Waals surface area contributed by atoms with Crippen LogP contribution >= 0.6 is 0 Å². The van der Waals surface area contributed by atoms with Crippen LogP contribution in [0.15, 0.2) is 30.5 Å². The summed E-state index contributed by atoms with van der Waals surface area (Å²) in [5, 5.41) is 7.93. The monoisotopic (exact) mass is 413 g/mol. The molecule has 0 unspecified atom stereocenters. The first-order valence-corrected chi connectivity index (χ1v) is 10.5. The minimum Gasteiger partial charge on any atom is -0.491 e. The van der Waals surface area contributed by atoms with Gasteiger partial charge in [0.1, 0.15) is 12.4 Å². The van der Waals surface area contributed by atoms with Crippen molar-refractivity contribution in [3.05, 3.63) is 41.7 Å². The van der Waals surface area contributed by atoms with Gasteiger partial charge in [0.25, 0.3) is 11.8 Å². The fourth-order valence-electron chi connectivity index (χ4n) is 3.77. The molecule has 1 aromatic heterocycles. The van der Waals surface area contributed by atoms with Gasteiger partial charge < -0.3 is 14.5 Å². The van der Waals surface area contributed by atoms with E-state index in [-0.39, 0.29) is 17.9 Å². The summed E-state index contributed by atoms with van der Waals surface area (Å²) in [4.78, 5) is 29.7. The van der Waals surface area contributed by atoms with Gasteiger partial charge in [-0.25, -0.2) is 0 Å². The number of nitrogens with zero attached hydrogens (tertiary/aromatic N) is 5. The lowest BCUT2D eigenvalue weighted by atomic mass is 10.0. The number of carbonyl (C=O) groups excluding carboxylic acids is 2. The van der Waals surface area contributed by atoms with Crippen molar-refractivity contribution in [3.8, 4) is 5.75 Å². The van der Waals surface area contributed by atoms with Gasteiger partial charge in [-0.05, 0) is 37.3 Å². The molecule has 162 valence electrons. The molecule has 1 aromatic carbocycles. The number of carbonyl (C=O) groups is 2. The Balaban J connectivity index is 1.92. The lowest BCUT2D eigenvalue weighted by Crippen LogP contribution is -2.45. The molecule has 2 aromatic rings. The Morgan fingerprint density at radius 3 is 2.63 bits per heavy atom. The predicted molar refractivity (Wildman–Crippen MR) is 113 cm³/mol. The zero-order valence-electron chi connectivity index (χ0n) is 18.2. The van der Waals surface area contributed by atoms with Crippen LogP contribution in [0.25, 0.3) is 0 Å². The molecule has 2 heterocycles. The van der Waals surface area contributed by atoms with Crippen LogP contribution in [0.3, 0.4) is 0 Å². The summed E-state index contributed by atoms with van der Waals surface area (Å²) in [6, 6.07) is 7.18. The minimum atomic E-state index is -0.132. The van der Waals surface area contributed by atoms with Gasteiger partial charge in [-0.2, -0.15) is 0 Å². The van der Waals surface area contributed by atoms with Crippen LogP contribution in [0.4, 0.5) is 0 Å². The zero-order chi connectivity index (χ0) is 21.7. The molecule has 0 radical (unpaired) electrons. The molecule has 0 saturated heterocycles. The molecule has 0 spiro atoms. The first-order chi connectivity index (χ1) is 14.4. The van der Waals surface area contributed by atoms with E-state index in [1.165, 1.54) is 4.68 Å². The van der Waals surface area contributed by atoms with Crippen LogP contribution in [-0.2, 0) is 7.05 Å². The Kier molecular flexibility index (Phi) is 7.07. The fourth-order valence-corrected chi connectivity index (χ4v) is 3.77. The van der Waals surface area contributed by atoms with E-state index >= 15 is 0 Å². The summed E-state index contributed by atoms with van der Waals surface area (Å²) < 4.78 is 7.67. The summed E-state index contributed by atoms with van der Waals surface area (Å²) in [6.45, 7) is 5.79. The van der Waals surface area contributed by atoms with Crippen molar-refractivity contribution < 1.29 is 14.3 Å². The molecule has 0 bridgehead atoms. The van der Waals surface area contributed by atoms with E-state index in [0.717, 1.165) is 19.3 Å². The van der Waals surface area contributed by atoms with Gasteiger partial charge in [0.15, 0.2) is 5.69 Å². The highest BCUT2D eigenvalue weighted by Gasteiger charge is 2.29. The molecule has 1 atom stereocenters. The third kappa shape index (κ3) is 5.17. The van der Waals surface area contributed by atoms with Crippen molar-refractivity contribution >= 4 is 11.8 Å². The number of hydrogen-bond donors (Lipinski definition) is 0. The maximum Gasteiger partial charge on any atom is 0.276 e. The molecule has 0 fully saturated rings. The van der Waals surface area contributed by atoms with Gasteiger partial charge >= 0.3 is 0 Å². The Hall–Kier alpha value is -2.90. The van der Waals surface area contributed by atoms with Crippen molar-refractivity contribution in [2.24, 2.45) is 13.0 Å². The van der Waals surface area contributed by atoms with Gasteiger partial charge in [0, 0.05) is 27.2 Å². The predicted octanol–water partition coefficient (Wildman–Crippen LogP) is 2.62. The lowest BCUT2D eigenvalue weighted by molar-refractivity contribution is 0.0553. The summed E-state index contributed by atoms with van der Waals surface area (Å²) >= 11 is 0. The van der Waals surface area contributed by atoms with E-state index in [1.807, 2.05) is 23.1 Å². The molecule has 0 N–H and O–H groups in total. The van der Waals surface area contributed by atoms with Crippen LogP contribution < -0.4 is 4.74 Å². The maximum absolute atomic E-state index is 13.3. The highest BCUT2D eigenvalue weighted by Crippen LogP contribution is 2.23. The SMILES string of the molecule is CC(C)C[C@H]1COc2ccccc2C(=O)N(C)CCCCN1C(=O)c1cn(C)nn1. The lowest BCUT2D eigenvalue weighted by Gasteiger charge is -2.33. The van der Waals surface area contributed by atoms with E-state index in [2.05, 4.69) is 24.2 Å². The molecule has 0 aliphatic carbocycles. The van der Waals surface area contributed by atoms with Gasteiger partial charge in [0.2, 0.25) is 0 Å². The smallest absolute Gasteiger partial charge is 0.276 e. The van der Waals surface area contributed by atoms with Gasteiger partial charge in [-0.3, -0.25) is 14.3 Å². The number of aryl methyl sites for hydroxylation is 1. The van der Waals surface area contributed by atoms with E-state index in [4.69, 9.17) is 4.74 Å². The van der Waals surface area contributed by atoms with Crippen molar-refractivity contribution in [2.75, 3.05) is 26.7 Å². The first-order valence-electron chi connectivity index (χ1n) is 10.5. The number of benzene rings is 1. The average Bonchev–Trinajstić information content (AvgIpc) is 3.16. The fraction of sp³-hybridized carbons (Fsp3) is 0.545. The summed E-state index contributed by atoms with van der Waals surface area (Å²) in [7, 11) is 3.55. The van der Waals surface area contributed by atoms with Gasteiger partial charge in [0.05, 0.1) is 17.8 Å². The largest absolute Gasteiger partial charge is 0.491 e. The number of amides is 2. The number of ether oxygens (including phenoxy) is 1. The normalized spacial score (nSPS) is 18.4. The molecule has 30 heavy (non-hydrogen) atoms. The van der Waals surface area contributed by atoms with Crippen molar-refractivity contribution in [2.45, 2.75) is 39.2 Å². The Morgan fingerprint density at radius 1 is 1.20 bits per heavy atom. The molecule has 8 nitrogen and oxygen atoms in total. The quantitative estimate of drug-likeness (QED) is 0.773. The topological polar surface area (TPSA) is 80.6 Å². The summed E-state index contributed by atoms with van der Waals surface area (Å²) in [5.74, 6) is 0.758. The minimum absolute atomic E-state index is 0.0425. The Bertz CT molecular complexity index is 879. The van der Waals surface area contributed by atoms with E-state index in [0.29, 0.717) is 42.6 Å². The molecular weight excluding hydrogens is 382 g/mol. The van der Waals surface area contributed by atoms with Crippen LogP contribution in [0.5, 0.6) is 5.75 Å². The zero-order valence-corrected chi connectivity index (χ0v) is 18.2. The number of hydrogen-bond acceptors (Lipinski definition) is 5. The molecule has 8 heteroatoms. The number of rotatable bonds is 3. The molecule has 1 aliphatic rings. The first kappa shape index (κ1) is 21.8. The molecule has 2 amide bonds. The molecule has 1 aliphatic heterocycles. The Morgan fingerprint density at radius 2 is 1.93 bits per heavy atom. The van der Waals surface area contributed by atoms with Crippen molar-refractivity contribution in [1.82, 2.24) is 24.8 Å². The van der Waals surface area contributed by atoms with E-state index < -0.39 is 0 Å². The molecule has 3 rings (SSSR count). The molecule has 0 saturated carbocycles. The van der Waals surface area contributed by atoms with Crippen LogP contribution in [-0.4, -0.2) is 69.4 Å². The maximum atomic E-state index is 13.3. The van der Waals surface area contributed by atoms with Crippen LogP contribution in [0.2, 0.25) is 0 Å². The summed E-state index contributed by atoms with van der Waals surface area (Å²) in [6.07, 6.45) is 4.04. The number of aromatic nitrogens is 3. The Labute approximate surface area is 177 Å². The van der Waals surface area contributed by atoms with Gasteiger partial charge in [-0.15, -0.1) is 5.10 Å². The van der Waals surface area contributed by atoms with E-state index in [9.17, 15) is 9.59 Å². The standard InChI is InChI=1S/C22H31N5O3/c1-16(2)13-17-15-30-20-10-6-5-9-18(20)21(28)25(3)11-7-8-12-27(17)22(29)19-14-26(4)24-23-19/h5-6,9-10,14,16-17H,7-8,11-13,15H2,1-4H3/t17-/m0/s1. The highest BCUT2D eigenvalue weighted by atomic mass is 16.5. The molecular formula is C22H31N5O3. The van der Waals surface area contributed by atoms with Crippen molar-refractivity contribution in [1.29, 1.82) is 0 Å². The van der Waals surface area contributed by atoms with Gasteiger partial charge in [-0.1, -0.05) is 31.2 Å². The summed E-state index contributed by atoms with van der Waals surface area (Å²) in [5.41, 5.74) is 0.890. The second-order valence-corrected chi connectivity index (χ2v) is 8.30. The third-order valence-electron chi connectivity index (χ3n) is 5.30. The average molecular weight is 414 g/mol. The van der Waals surface area contributed by atoms with Crippen LogP contribution in [0, 0.1) is 5.92 Å². The second-order valence-electron chi connectivity index (χ2n) is 8.30. The number of fused-ring (bicyclic) bond motifs is 1. The number of para-hydroxylation sites is 1. The highest BCUT2D eigenvalue weighted by molar-refractivity contribution is 5.96.